The maximum Gasteiger partial charge on any atom is 0.349 e. The van der Waals surface area contributed by atoms with Gasteiger partial charge in [-0.2, -0.15) is 4.98 Å². The van der Waals surface area contributed by atoms with Gasteiger partial charge in [-0.1, -0.05) is 91.8 Å². The predicted octanol–water partition coefficient (Wildman–Crippen LogP) is 1.56. The van der Waals surface area contributed by atoms with Crippen molar-refractivity contribution in [2.75, 3.05) is 18.9 Å². The van der Waals surface area contributed by atoms with Crippen LogP contribution in [-0.4, -0.2) is 41.8 Å². The third-order valence-electron chi connectivity index (χ3n) is 6.83. The molecule has 0 fully saturated rings. The van der Waals surface area contributed by atoms with E-state index in [2.05, 4.69) is 29.2 Å². The second-order valence-electron chi connectivity index (χ2n) is 9.51. The summed E-state index contributed by atoms with van der Waals surface area (Å²) in [7, 11) is -1.99. The van der Waals surface area contributed by atoms with Crippen LogP contribution >= 0.6 is 0 Å². The van der Waals surface area contributed by atoms with E-state index in [1.165, 1.54) is 4.57 Å². The van der Waals surface area contributed by atoms with Crippen LogP contribution in [-0.2, 0) is 0 Å². The molecule has 1 aromatic heterocycles. The fourth-order valence-corrected chi connectivity index (χ4v) is 8.01. The highest BCUT2D eigenvalue weighted by atomic mass is 28.3. The van der Waals surface area contributed by atoms with Gasteiger partial charge in [-0.15, -0.1) is 0 Å². The van der Waals surface area contributed by atoms with Gasteiger partial charge in [0.1, 0.15) is 8.80 Å². The number of anilines is 1. The molecule has 0 saturated carbocycles. The highest BCUT2D eigenvalue weighted by Gasteiger charge is 2.49. The number of aromatic nitrogens is 2. The van der Waals surface area contributed by atoms with E-state index in [0.717, 1.165) is 16.6 Å². The number of hydrogen-bond donors (Lipinski definition) is 3. The summed E-state index contributed by atoms with van der Waals surface area (Å²) in [5, 5.41) is 23.5. The Hall–Kier alpha value is -2.81. The van der Waals surface area contributed by atoms with Gasteiger partial charge < -0.3 is 15.9 Å². The van der Waals surface area contributed by atoms with Crippen molar-refractivity contribution in [3.8, 4) is 0 Å². The van der Waals surface area contributed by atoms with Crippen LogP contribution in [0.2, 0.25) is 6.04 Å². The van der Waals surface area contributed by atoms with Gasteiger partial charge in [0.2, 0.25) is 0 Å². The zero-order chi connectivity index (χ0) is 24.2. The molecule has 6 nitrogen and oxygen atoms in total. The zero-order valence-electron chi connectivity index (χ0n) is 19.3. The minimum Gasteiger partial charge on any atom is -0.396 e. The lowest BCUT2D eigenvalue weighted by atomic mass is 9.63. The average molecular weight is 470 g/mol. The number of benzene rings is 2. The highest BCUT2D eigenvalue weighted by Crippen LogP contribution is 2.48. The van der Waals surface area contributed by atoms with E-state index in [9.17, 15) is 19.4 Å². The van der Waals surface area contributed by atoms with E-state index < -0.39 is 43.0 Å². The fraction of sp³-hybridized carbons (Fsp3) is 0.360. The lowest BCUT2D eigenvalue weighted by Crippen LogP contribution is -2.55. The quantitative estimate of drug-likeness (QED) is 0.435. The first-order valence-corrected chi connectivity index (χ1v) is 13.0. The van der Waals surface area contributed by atoms with Gasteiger partial charge in [-0.3, -0.25) is 4.57 Å². The number of aliphatic hydroxyl groups is 2. The van der Waals surface area contributed by atoms with Crippen LogP contribution in [0.1, 0.15) is 26.8 Å². The standard InChI is InChI=1S/C25H32FN3O3Si/c1-24(2,3)25(16-30,17-31)21(29-14-20(26)22(27)28-23(29)32)15-33(18-10-6-4-7-11-18)19-12-8-5-9-13-19/h4-14,21,30-31,33H,15-17H2,1-3H3,(H2,27,28,32). The van der Waals surface area contributed by atoms with Crippen molar-refractivity contribution in [3.05, 3.63) is 83.2 Å². The molecule has 0 aliphatic carbocycles. The van der Waals surface area contributed by atoms with E-state index in [1.807, 2.05) is 57.2 Å². The average Bonchev–Trinajstić information content (AvgIpc) is 2.80. The molecular formula is C25H32FN3O3Si. The second-order valence-corrected chi connectivity index (χ2v) is 12.4. The second kappa shape index (κ2) is 9.99. The van der Waals surface area contributed by atoms with Crippen molar-refractivity contribution < 1.29 is 14.6 Å². The summed E-state index contributed by atoms with van der Waals surface area (Å²) in [6, 6.07) is 19.7. The number of aliphatic hydroxyl groups excluding tert-OH is 2. The Morgan fingerprint density at radius 2 is 1.48 bits per heavy atom. The summed E-state index contributed by atoms with van der Waals surface area (Å²) in [5.74, 6) is -1.28. The highest BCUT2D eigenvalue weighted by molar-refractivity contribution is 6.85. The van der Waals surface area contributed by atoms with Crippen LogP contribution in [0.25, 0.3) is 0 Å². The molecule has 3 aromatic rings. The summed E-state index contributed by atoms with van der Waals surface area (Å²) in [6.45, 7) is 4.93. The van der Waals surface area contributed by atoms with Crippen LogP contribution in [0.4, 0.5) is 10.2 Å². The molecule has 33 heavy (non-hydrogen) atoms. The summed E-state index contributed by atoms with van der Waals surface area (Å²) in [6.07, 6.45) is 1.06. The molecular weight excluding hydrogens is 437 g/mol. The molecule has 4 N–H and O–H groups in total. The molecule has 3 rings (SSSR count). The number of nitrogens with two attached hydrogens (primary N) is 1. The van der Waals surface area contributed by atoms with Crippen molar-refractivity contribution in [3.63, 3.8) is 0 Å². The molecule has 1 unspecified atom stereocenters. The first-order valence-electron chi connectivity index (χ1n) is 11.0. The lowest BCUT2D eigenvalue weighted by Gasteiger charge is -2.49. The Morgan fingerprint density at radius 1 is 1.00 bits per heavy atom. The van der Waals surface area contributed by atoms with Gasteiger partial charge in [-0.05, 0) is 11.5 Å². The number of rotatable bonds is 8. The zero-order valence-corrected chi connectivity index (χ0v) is 20.4. The summed E-state index contributed by atoms with van der Waals surface area (Å²) in [5.41, 5.74) is 3.09. The molecule has 1 atom stereocenters. The van der Waals surface area contributed by atoms with Crippen LogP contribution in [0, 0.1) is 16.6 Å². The summed E-state index contributed by atoms with van der Waals surface area (Å²) in [4.78, 5) is 16.6. The van der Waals surface area contributed by atoms with E-state index >= 15 is 0 Å². The van der Waals surface area contributed by atoms with Crippen molar-refractivity contribution in [1.82, 2.24) is 9.55 Å². The Kier molecular flexibility index (Phi) is 7.51. The Morgan fingerprint density at radius 3 is 1.91 bits per heavy atom. The van der Waals surface area contributed by atoms with Gasteiger partial charge in [0.05, 0.1) is 13.2 Å². The first kappa shape index (κ1) is 24.8. The molecule has 2 aromatic carbocycles. The largest absolute Gasteiger partial charge is 0.396 e. The normalized spacial score (nSPS) is 13.3. The van der Waals surface area contributed by atoms with Crippen molar-refractivity contribution in [1.29, 1.82) is 0 Å². The Balaban J connectivity index is 2.26. The maximum absolute atomic E-state index is 14.5. The van der Waals surface area contributed by atoms with E-state index in [0.29, 0.717) is 6.04 Å². The third-order valence-corrected chi connectivity index (χ3v) is 10.1. The van der Waals surface area contributed by atoms with Crippen molar-refractivity contribution >= 4 is 25.0 Å². The Bertz CT molecular complexity index is 1070. The van der Waals surface area contributed by atoms with Crippen molar-refractivity contribution in [2.24, 2.45) is 10.8 Å². The minimum absolute atomic E-state index is 0.388. The smallest absolute Gasteiger partial charge is 0.349 e. The number of nitrogens with zero attached hydrogens (tertiary/aromatic N) is 2. The molecule has 0 bridgehead atoms. The summed E-state index contributed by atoms with van der Waals surface area (Å²) >= 11 is 0. The molecule has 0 aliphatic rings. The number of nitrogen functional groups attached to an aromatic ring is 1. The number of hydrogen-bond acceptors (Lipinski definition) is 5. The van der Waals surface area contributed by atoms with E-state index in [1.54, 1.807) is 0 Å². The predicted molar refractivity (Wildman–Crippen MR) is 132 cm³/mol. The van der Waals surface area contributed by atoms with Gasteiger partial charge in [0.15, 0.2) is 11.6 Å². The SMILES string of the molecule is CC(C)(C)C(CO)(CO)C(C[SiH](c1ccccc1)c1ccccc1)n1cc(F)c(N)nc1=O. The maximum atomic E-state index is 14.5. The van der Waals surface area contributed by atoms with Crippen molar-refractivity contribution in [2.45, 2.75) is 32.9 Å². The molecule has 1 heterocycles. The van der Waals surface area contributed by atoms with Crippen LogP contribution in [0.5, 0.6) is 0 Å². The van der Waals surface area contributed by atoms with Gasteiger partial charge in [0.25, 0.3) is 0 Å². The molecule has 176 valence electrons. The Labute approximate surface area is 195 Å². The van der Waals surface area contributed by atoms with E-state index in [-0.39, 0.29) is 13.2 Å². The monoisotopic (exact) mass is 469 g/mol. The lowest BCUT2D eigenvalue weighted by molar-refractivity contribution is -0.0692. The van der Waals surface area contributed by atoms with Gasteiger partial charge in [-0.25, -0.2) is 9.18 Å². The summed E-state index contributed by atoms with van der Waals surface area (Å²) < 4.78 is 15.8. The molecule has 0 saturated heterocycles. The van der Waals surface area contributed by atoms with Gasteiger partial charge >= 0.3 is 5.69 Å². The van der Waals surface area contributed by atoms with Crippen LogP contribution in [0.15, 0.2) is 71.7 Å². The molecule has 8 heteroatoms. The van der Waals surface area contributed by atoms with Crippen LogP contribution < -0.4 is 21.8 Å². The first-order chi connectivity index (χ1) is 15.6. The number of halogens is 1. The minimum atomic E-state index is -1.99. The molecule has 0 aliphatic heterocycles. The molecule has 0 spiro atoms. The van der Waals surface area contributed by atoms with Crippen LogP contribution in [0.3, 0.4) is 0 Å². The topological polar surface area (TPSA) is 101 Å². The molecule has 0 radical (unpaired) electrons. The molecule has 0 amide bonds. The van der Waals surface area contributed by atoms with Gasteiger partial charge in [0, 0.05) is 17.7 Å². The third kappa shape index (κ3) is 4.92. The van der Waals surface area contributed by atoms with E-state index in [4.69, 9.17) is 5.73 Å². The fourth-order valence-electron chi connectivity index (χ4n) is 4.58.